The van der Waals surface area contributed by atoms with Crippen LogP contribution in [0.3, 0.4) is 0 Å². The van der Waals surface area contributed by atoms with Gasteiger partial charge in [-0.25, -0.2) is 4.79 Å². The monoisotopic (exact) mass is 457 g/mol. The molecular weight excluding hydrogens is 422 g/mol. The number of benzene rings is 3. The molecule has 1 amide bonds. The van der Waals surface area contributed by atoms with Crippen molar-refractivity contribution in [1.82, 2.24) is 9.80 Å². The van der Waals surface area contributed by atoms with Crippen LogP contribution in [0.1, 0.15) is 30.4 Å². The van der Waals surface area contributed by atoms with E-state index in [-0.39, 0.29) is 6.09 Å². The molecule has 1 N–H and O–H groups in total. The molecule has 5 heteroatoms. The van der Waals surface area contributed by atoms with Crippen molar-refractivity contribution in [3.63, 3.8) is 0 Å². The maximum Gasteiger partial charge on any atom is 0.409 e. The zero-order chi connectivity index (χ0) is 23.4. The molecule has 0 spiro atoms. The second kappa shape index (κ2) is 12.8. The molecule has 0 unspecified atom stereocenters. The number of carbonyl (C=O) groups is 1. The Hall–Kier alpha value is -3.31. The van der Waals surface area contributed by atoms with Gasteiger partial charge in [-0.1, -0.05) is 78.9 Å². The summed E-state index contributed by atoms with van der Waals surface area (Å²) in [7, 11) is 0. The normalized spacial score (nSPS) is 14.2. The van der Waals surface area contributed by atoms with Crippen LogP contribution in [0.4, 0.5) is 10.5 Å². The molecule has 0 aliphatic carbocycles. The van der Waals surface area contributed by atoms with E-state index < -0.39 is 0 Å². The van der Waals surface area contributed by atoms with Crippen molar-refractivity contribution in [3.8, 4) is 0 Å². The third-order valence-corrected chi connectivity index (χ3v) is 6.24. The van der Waals surface area contributed by atoms with Crippen molar-refractivity contribution in [3.05, 3.63) is 102 Å². The third-order valence-electron chi connectivity index (χ3n) is 6.24. The van der Waals surface area contributed by atoms with E-state index in [1.807, 2.05) is 35.2 Å². The average Bonchev–Trinajstić information content (AvgIpc) is 2.89. The largest absolute Gasteiger partial charge is 0.449 e. The molecule has 178 valence electrons. The highest BCUT2D eigenvalue weighted by Gasteiger charge is 2.23. The average molecular weight is 458 g/mol. The first-order valence-electron chi connectivity index (χ1n) is 12.3. The van der Waals surface area contributed by atoms with Crippen LogP contribution in [0.15, 0.2) is 91.0 Å². The molecular formula is C29H35N3O2. The van der Waals surface area contributed by atoms with Gasteiger partial charge in [0.25, 0.3) is 0 Å². The molecule has 4 rings (SSSR count). The van der Waals surface area contributed by atoms with Gasteiger partial charge in [-0.15, -0.1) is 0 Å². The highest BCUT2D eigenvalue weighted by molar-refractivity contribution is 5.67. The summed E-state index contributed by atoms with van der Waals surface area (Å²) >= 11 is 0. The first kappa shape index (κ1) is 23.8. The predicted octanol–water partition coefficient (Wildman–Crippen LogP) is 5.79. The van der Waals surface area contributed by atoms with Crippen molar-refractivity contribution < 1.29 is 9.53 Å². The Labute approximate surface area is 203 Å². The minimum atomic E-state index is -0.184. The molecule has 3 aromatic rings. The van der Waals surface area contributed by atoms with Crippen LogP contribution in [0, 0.1) is 0 Å². The second-order valence-electron chi connectivity index (χ2n) is 8.92. The number of nitrogens with zero attached hydrogens (tertiary/aromatic N) is 2. The Balaban J connectivity index is 1.19. The van der Waals surface area contributed by atoms with Crippen LogP contribution in [0.5, 0.6) is 0 Å². The van der Waals surface area contributed by atoms with Gasteiger partial charge in [0, 0.05) is 44.5 Å². The van der Waals surface area contributed by atoms with Crippen LogP contribution in [-0.4, -0.2) is 48.2 Å². The Kier molecular flexibility index (Phi) is 8.98. The van der Waals surface area contributed by atoms with Crippen molar-refractivity contribution in [1.29, 1.82) is 0 Å². The molecule has 3 aromatic carbocycles. The van der Waals surface area contributed by atoms with Crippen LogP contribution < -0.4 is 5.32 Å². The molecule has 0 saturated carbocycles. The Morgan fingerprint density at radius 1 is 0.824 bits per heavy atom. The minimum absolute atomic E-state index is 0.184. The third kappa shape index (κ3) is 7.63. The number of ether oxygens (including phenoxy) is 1. The van der Waals surface area contributed by atoms with Crippen molar-refractivity contribution in [2.24, 2.45) is 0 Å². The van der Waals surface area contributed by atoms with Gasteiger partial charge >= 0.3 is 6.09 Å². The summed E-state index contributed by atoms with van der Waals surface area (Å²) in [5, 5.41) is 3.56. The van der Waals surface area contributed by atoms with E-state index in [1.165, 1.54) is 11.1 Å². The Morgan fingerprint density at radius 2 is 1.35 bits per heavy atom. The SMILES string of the molecule is O=C(OCCCN(Cc1ccccc1)Cc1ccccc1)N1CCC(Nc2ccccc2)CC1. The van der Waals surface area contributed by atoms with Crippen LogP contribution in [0.25, 0.3) is 0 Å². The van der Waals surface area contributed by atoms with E-state index in [2.05, 4.69) is 70.9 Å². The summed E-state index contributed by atoms with van der Waals surface area (Å²) in [5.74, 6) is 0. The molecule has 0 aromatic heterocycles. The molecule has 1 aliphatic heterocycles. The van der Waals surface area contributed by atoms with Crippen LogP contribution in [-0.2, 0) is 17.8 Å². The number of likely N-dealkylation sites (tertiary alicyclic amines) is 1. The predicted molar refractivity (Wildman–Crippen MR) is 138 cm³/mol. The smallest absolute Gasteiger partial charge is 0.409 e. The number of hydrogen-bond donors (Lipinski definition) is 1. The molecule has 1 saturated heterocycles. The van der Waals surface area contributed by atoms with Gasteiger partial charge in [0.2, 0.25) is 0 Å². The lowest BCUT2D eigenvalue weighted by atomic mass is 10.1. The zero-order valence-electron chi connectivity index (χ0n) is 19.8. The number of anilines is 1. The van der Waals surface area contributed by atoms with E-state index in [9.17, 15) is 4.79 Å². The van der Waals surface area contributed by atoms with Gasteiger partial charge < -0.3 is 15.0 Å². The maximum absolute atomic E-state index is 12.6. The van der Waals surface area contributed by atoms with E-state index in [0.29, 0.717) is 12.6 Å². The summed E-state index contributed by atoms with van der Waals surface area (Å²) in [4.78, 5) is 16.8. The highest BCUT2D eigenvalue weighted by Crippen LogP contribution is 2.17. The van der Waals surface area contributed by atoms with Crippen molar-refractivity contribution in [2.75, 3.05) is 31.6 Å². The Bertz CT molecular complexity index is 933. The number of para-hydroxylation sites is 1. The lowest BCUT2D eigenvalue weighted by molar-refractivity contribution is 0.0888. The molecule has 0 radical (unpaired) electrons. The van der Waals surface area contributed by atoms with Gasteiger partial charge in [0.1, 0.15) is 0 Å². The number of amides is 1. The number of nitrogens with one attached hydrogen (secondary N) is 1. The maximum atomic E-state index is 12.6. The molecule has 1 aliphatic rings. The fourth-order valence-corrected chi connectivity index (χ4v) is 4.41. The molecule has 1 heterocycles. The van der Waals surface area contributed by atoms with Crippen molar-refractivity contribution >= 4 is 11.8 Å². The van der Waals surface area contributed by atoms with Crippen LogP contribution >= 0.6 is 0 Å². The Morgan fingerprint density at radius 3 is 1.91 bits per heavy atom. The summed E-state index contributed by atoms with van der Waals surface area (Å²) < 4.78 is 5.63. The molecule has 0 bridgehead atoms. The minimum Gasteiger partial charge on any atom is -0.449 e. The molecule has 5 nitrogen and oxygen atoms in total. The summed E-state index contributed by atoms with van der Waals surface area (Å²) in [6.07, 6.45) is 2.51. The van der Waals surface area contributed by atoms with E-state index in [1.54, 1.807) is 0 Å². The lowest BCUT2D eigenvalue weighted by Crippen LogP contribution is -2.42. The first-order chi connectivity index (χ1) is 16.8. The van der Waals surface area contributed by atoms with Gasteiger partial charge in [-0.2, -0.15) is 0 Å². The molecule has 0 atom stereocenters. The summed E-state index contributed by atoms with van der Waals surface area (Å²) in [6.45, 7) is 4.55. The number of hydrogen-bond acceptors (Lipinski definition) is 4. The van der Waals surface area contributed by atoms with Gasteiger partial charge in [0.15, 0.2) is 0 Å². The highest BCUT2D eigenvalue weighted by atomic mass is 16.6. The van der Waals surface area contributed by atoms with E-state index >= 15 is 0 Å². The second-order valence-corrected chi connectivity index (χ2v) is 8.92. The van der Waals surface area contributed by atoms with Gasteiger partial charge in [-0.3, -0.25) is 4.90 Å². The first-order valence-corrected chi connectivity index (χ1v) is 12.3. The van der Waals surface area contributed by atoms with Crippen LogP contribution in [0.2, 0.25) is 0 Å². The fourth-order valence-electron chi connectivity index (χ4n) is 4.41. The quantitative estimate of drug-likeness (QED) is 0.391. The number of carbonyl (C=O) groups excluding carboxylic acids is 1. The number of piperidine rings is 1. The fraction of sp³-hybridized carbons (Fsp3) is 0.345. The van der Waals surface area contributed by atoms with Gasteiger partial charge in [-0.05, 0) is 42.5 Å². The summed E-state index contributed by atoms with van der Waals surface area (Å²) in [5.41, 5.74) is 3.73. The topological polar surface area (TPSA) is 44.8 Å². The standard InChI is InChI=1S/C29H35N3O2/c33-29(32-20-17-28(18-21-32)30-27-15-8-3-9-16-27)34-22-10-19-31(23-25-11-4-1-5-12-25)24-26-13-6-2-7-14-26/h1-9,11-16,28,30H,10,17-24H2. The zero-order valence-corrected chi connectivity index (χ0v) is 19.8. The summed E-state index contributed by atoms with van der Waals surface area (Å²) in [6, 6.07) is 31.7. The van der Waals surface area contributed by atoms with Gasteiger partial charge in [0.05, 0.1) is 6.61 Å². The van der Waals surface area contributed by atoms with Crippen molar-refractivity contribution in [2.45, 2.75) is 38.4 Å². The number of rotatable bonds is 10. The molecule has 1 fully saturated rings. The van der Waals surface area contributed by atoms with E-state index in [0.717, 1.165) is 57.7 Å². The van der Waals surface area contributed by atoms with E-state index in [4.69, 9.17) is 4.74 Å². The molecule has 34 heavy (non-hydrogen) atoms. The lowest BCUT2D eigenvalue weighted by Gasteiger charge is -2.32.